The summed E-state index contributed by atoms with van der Waals surface area (Å²) in [7, 11) is 1.37. The normalized spacial score (nSPS) is 31.7. The zero-order chi connectivity index (χ0) is 58.2. The number of aliphatic hydroxyl groups excluding tert-OH is 3. The topological polar surface area (TPSA) is 275 Å². The summed E-state index contributed by atoms with van der Waals surface area (Å²) in [6.45, 7) is 53.4. The number of hydrogen-bond donors (Lipinski definition) is 10. The van der Waals surface area contributed by atoms with Crippen LogP contribution in [0, 0.1) is 5.92 Å². The smallest absolute Gasteiger partial charge is 0.407 e. The SMILES string of the molecule is CC(C)(C)N1CCC[C@@H](N)C1.CC(C)(C)N1CCC[C@H](N)C1.CC(C)(C)N1CC[C@@H](O)[C@@H](N)C1.CC(C)(C)N1CC[C@@H](O)[C@H](N)C1.CC(C)(C)N1CC[C@H](O)[C@H](N)C1.COC(=O)NC1C(C)CN(C(C)(C)C)CC1N. The van der Waals surface area contributed by atoms with Crippen LogP contribution in [0.25, 0.3) is 0 Å². The van der Waals surface area contributed by atoms with E-state index in [-0.39, 0.29) is 70.7 Å². The van der Waals surface area contributed by atoms with Crippen LogP contribution in [-0.2, 0) is 4.74 Å². The number of rotatable bonds is 1. The van der Waals surface area contributed by atoms with Gasteiger partial charge in [-0.1, -0.05) is 6.92 Å². The van der Waals surface area contributed by atoms with E-state index in [4.69, 9.17) is 34.4 Å². The number of nitrogens with zero attached hydrogens (tertiary/aromatic N) is 6. The fourth-order valence-corrected chi connectivity index (χ4v) is 10.3. The molecule has 1 amide bonds. The number of amides is 1. The summed E-state index contributed by atoms with van der Waals surface area (Å²) in [6, 6.07) is 0.526. The third-order valence-electron chi connectivity index (χ3n) is 16.0. The van der Waals surface area contributed by atoms with E-state index in [9.17, 15) is 20.1 Å². The number of alkyl carbamates (subject to hydrolysis) is 1. The van der Waals surface area contributed by atoms with E-state index < -0.39 is 6.09 Å². The number of aliphatic hydroxyl groups is 3. The molecule has 0 aliphatic carbocycles. The summed E-state index contributed by atoms with van der Waals surface area (Å²) in [5.74, 6) is 0.317. The van der Waals surface area contributed by atoms with Gasteiger partial charge in [0.15, 0.2) is 0 Å². The fourth-order valence-electron chi connectivity index (χ4n) is 10.3. The molecular weight excluding hydrogens is 947 g/mol. The number of methoxy groups -OCH3 is 1. The van der Waals surface area contributed by atoms with E-state index in [1.54, 1.807) is 0 Å². The molecule has 0 spiro atoms. The Morgan fingerprint density at radius 1 is 0.413 bits per heavy atom. The lowest BCUT2D eigenvalue weighted by Gasteiger charge is -2.46. The molecule has 6 saturated heterocycles. The van der Waals surface area contributed by atoms with E-state index in [0.29, 0.717) is 29.1 Å². The third kappa shape index (κ3) is 27.1. The van der Waals surface area contributed by atoms with Gasteiger partial charge in [0.1, 0.15) is 0 Å². The molecule has 6 fully saturated rings. The van der Waals surface area contributed by atoms with Crippen LogP contribution in [0.3, 0.4) is 0 Å². The van der Waals surface area contributed by atoms with Crippen molar-refractivity contribution in [3.8, 4) is 0 Å². The number of piperidine rings is 6. The van der Waals surface area contributed by atoms with Crippen LogP contribution in [0.1, 0.15) is 176 Å². The molecule has 0 radical (unpaired) electrons. The second kappa shape index (κ2) is 31.0. The first kappa shape index (κ1) is 71.7. The highest BCUT2D eigenvalue weighted by molar-refractivity contribution is 5.67. The van der Waals surface area contributed by atoms with Gasteiger partial charge < -0.3 is 59.8 Å². The molecule has 0 saturated carbocycles. The number of hydrogen-bond acceptors (Lipinski definition) is 17. The molecule has 18 nitrogen and oxygen atoms in total. The van der Waals surface area contributed by atoms with E-state index in [1.165, 1.54) is 45.9 Å². The molecule has 448 valence electrons. The lowest BCUT2D eigenvalue weighted by atomic mass is 9.87. The summed E-state index contributed by atoms with van der Waals surface area (Å²) in [6.07, 6.45) is 6.03. The van der Waals surface area contributed by atoms with E-state index >= 15 is 0 Å². The van der Waals surface area contributed by atoms with Gasteiger partial charge in [0.05, 0.1) is 31.5 Å². The average Bonchev–Trinajstić information content (AvgIpc) is 3.27. The van der Waals surface area contributed by atoms with Crippen LogP contribution in [0.4, 0.5) is 4.79 Å². The van der Waals surface area contributed by atoms with E-state index in [2.05, 4.69) is 171 Å². The van der Waals surface area contributed by atoms with Crippen LogP contribution >= 0.6 is 0 Å². The molecule has 6 heterocycles. The molecule has 75 heavy (non-hydrogen) atoms. The minimum atomic E-state index is -0.401. The number of nitrogens with one attached hydrogen (secondary N) is 1. The minimum absolute atomic E-state index is 0.0129. The van der Waals surface area contributed by atoms with E-state index in [0.717, 1.165) is 84.7 Å². The maximum Gasteiger partial charge on any atom is 0.407 e. The Labute approximate surface area is 460 Å². The third-order valence-corrected chi connectivity index (χ3v) is 16.0. The monoisotopic (exact) mass is 1070 g/mol. The molecule has 6 aliphatic rings. The van der Waals surface area contributed by atoms with Crippen LogP contribution in [0.5, 0.6) is 0 Å². The molecule has 18 heteroatoms. The number of likely N-dealkylation sites (tertiary alicyclic amines) is 6. The van der Waals surface area contributed by atoms with Gasteiger partial charge in [-0.05, 0) is 189 Å². The standard InChI is InChI=1S/C12H25N3O2.3C9H20N2O.2C9H20N2/c1-8-6-15(12(2,3)4)7-9(13)10(8)14-11(16)17-5;3*1-9(2,3)11-5-4-8(12)7(10)6-11;2*1-9(2,3)11-6-4-5-8(10)7-11/h8-10H,6-7,13H2,1-5H3,(H,14,16);3*7-8,12H,4-6,10H2,1-3H3;2*8H,4-7,10H2,1-3H3/t;2*7-,8+;7-,8-;2*8-/m.10110/s1. The first-order chi connectivity index (χ1) is 34.0. The van der Waals surface area contributed by atoms with Gasteiger partial charge >= 0.3 is 6.09 Å². The number of nitrogens with two attached hydrogens (primary N) is 6. The quantitative estimate of drug-likeness (QED) is 0.179. The molecule has 0 aromatic rings. The second-order valence-corrected chi connectivity index (χ2v) is 28.8. The summed E-state index contributed by atoms with van der Waals surface area (Å²) < 4.78 is 4.62. The zero-order valence-corrected chi connectivity index (χ0v) is 52.1. The Morgan fingerprint density at radius 2 is 0.680 bits per heavy atom. The molecule has 11 atom stereocenters. The van der Waals surface area contributed by atoms with E-state index in [1.807, 2.05) is 0 Å². The van der Waals surface area contributed by atoms with Crippen molar-refractivity contribution in [2.75, 3.05) is 85.6 Å². The molecule has 16 N–H and O–H groups in total. The molecule has 3 unspecified atom stereocenters. The lowest BCUT2D eigenvalue weighted by molar-refractivity contribution is 0.0217. The molecule has 0 aromatic heterocycles. The van der Waals surface area contributed by atoms with Gasteiger partial charge in [0.2, 0.25) is 0 Å². The molecule has 0 bridgehead atoms. The van der Waals surface area contributed by atoms with Gasteiger partial charge in [-0.3, -0.25) is 29.4 Å². The van der Waals surface area contributed by atoms with Crippen molar-refractivity contribution in [2.24, 2.45) is 40.3 Å². The van der Waals surface area contributed by atoms with Crippen molar-refractivity contribution < 1.29 is 24.9 Å². The fraction of sp³-hybridized carbons (Fsp3) is 0.982. The summed E-state index contributed by atoms with van der Waals surface area (Å²) in [5, 5.41) is 31.1. The van der Waals surface area contributed by atoms with Gasteiger partial charge in [0.25, 0.3) is 0 Å². The number of carbonyl (C=O) groups is 1. The summed E-state index contributed by atoms with van der Waals surface area (Å²) in [4.78, 5) is 25.5. The van der Waals surface area contributed by atoms with Crippen molar-refractivity contribution in [2.45, 2.75) is 270 Å². The van der Waals surface area contributed by atoms with Crippen molar-refractivity contribution in [1.29, 1.82) is 0 Å². The second-order valence-electron chi connectivity index (χ2n) is 28.8. The van der Waals surface area contributed by atoms with Crippen LogP contribution in [-0.4, -0.2) is 230 Å². The first-order valence-electron chi connectivity index (χ1n) is 28.9. The molecular formula is C57H125N13O5. The Morgan fingerprint density at radius 3 is 0.893 bits per heavy atom. The van der Waals surface area contributed by atoms with Gasteiger partial charge in [-0.2, -0.15) is 0 Å². The Hall–Kier alpha value is -1.33. The van der Waals surface area contributed by atoms with Crippen LogP contribution in [0.2, 0.25) is 0 Å². The Kier molecular flexibility index (Phi) is 29.7. The highest BCUT2D eigenvalue weighted by Crippen LogP contribution is 2.25. The van der Waals surface area contributed by atoms with Gasteiger partial charge in [0, 0.05) is 135 Å². The van der Waals surface area contributed by atoms with Crippen molar-refractivity contribution >= 4 is 6.09 Å². The number of carbonyl (C=O) groups excluding carboxylic acids is 1. The Balaban J connectivity index is 0.000000453. The Bertz CT molecular complexity index is 1440. The van der Waals surface area contributed by atoms with Crippen LogP contribution < -0.4 is 39.7 Å². The highest BCUT2D eigenvalue weighted by atomic mass is 16.5. The summed E-state index contributed by atoms with van der Waals surface area (Å²) in [5.41, 5.74) is 36.5. The van der Waals surface area contributed by atoms with Gasteiger partial charge in [-0.15, -0.1) is 0 Å². The maximum atomic E-state index is 11.2. The molecule has 0 aromatic carbocycles. The largest absolute Gasteiger partial charge is 0.453 e. The number of ether oxygens (including phenoxy) is 1. The van der Waals surface area contributed by atoms with Gasteiger partial charge in [-0.25, -0.2) is 4.79 Å². The van der Waals surface area contributed by atoms with Crippen molar-refractivity contribution in [3.05, 3.63) is 0 Å². The van der Waals surface area contributed by atoms with Crippen molar-refractivity contribution in [3.63, 3.8) is 0 Å². The predicted octanol–water partition coefficient (Wildman–Crippen LogP) is 3.74. The van der Waals surface area contributed by atoms with Crippen molar-refractivity contribution in [1.82, 2.24) is 34.7 Å². The average molecular weight is 1070 g/mol. The lowest BCUT2D eigenvalue weighted by Crippen LogP contribution is -2.64. The summed E-state index contributed by atoms with van der Waals surface area (Å²) >= 11 is 0. The maximum absolute atomic E-state index is 11.2. The van der Waals surface area contributed by atoms with Crippen LogP contribution in [0.15, 0.2) is 0 Å². The first-order valence-corrected chi connectivity index (χ1v) is 28.9. The molecule has 6 aliphatic heterocycles. The highest BCUT2D eigenvalue weighted by Gasteiger charge is 2.38. The molecule has 6 rings (SSSR count). The minimum Gasteiger partial charge on any atom is -0.453 e. The predicted molar refractivity (Wildman–Crippen MR) is 315 cm³/mol. The zero-order valence-electron chi connectivity index (χ0n) is 52.1.